The zero-order chi connectivity index (χ0) is 14.9. The van der Waals surface area contributed by atoms with Gasteiger partial charge in [-0.05, 0) is 24.9 Å². The molecule has 120 valence electrons. The van der Waals surface area contributed by atoms with Crippen molar-refractivity contribution in [1.82, 2.24) is 4.98 Å². The number of nitrogens with two attached hydrogens (primary N) is 1. The number of carbonyl (C=O) groups excluding carboxylic acids is 1. The van der Waals surface area contributed by atoms with Crippen LogP contribution >= 0.6 is 23.7 Å². The van der Waals surface area contributed by atoms with Crippen molar-refractivity contribution in [2.24, 2.45) is 5.73 Å². The molecule has 0 atom stereocenters. The summed E-state index contributed by atoms with van der Waals surface area (Å²) in [4.78, 5) is 17.1. The summed E-state index contributed by atoms with van der Waals surface area (Å²) in [5, 5.41) is 3.53. The SMILES string of the molecule is Cl.NCCCCCCC(=O)Nc1ncc(-c2ccccc2)s1. The maximum atomic E-state index is 11.8. The predicted octanol–water partition coefficient (Wildman–Crippen LogP) is 4.08. The molecule has 2 aromatic rings. The van der Waals surface area contributed by atoms with Crippen LogP contribution in [0, 0.1) is 0 Å². The van der Waals surface area contributed by atoms with Gasteiger partial charge < -0.3 is 11.1 Å². The predicted molar refractivity (Wildman–Crippen MR) is 95.6 cm³/mol. The summed E-state index contributed by atoms with van der Waals surface area (Å²) in [6, 6.07) is 10.0. The smallest absolute Gasteiger partial charge is 0.226 e. The number of thiazole rings is 1. The van der Waals surface area contributed by atoms with E-state index in [9.17, 15) is 4.79 Å². The summed E-state index contributed by atoms with van der Waals surface area (Å²) in [5.74, 6) is 0.0386. The number of nitrogens with one attached hydrogen (secondary N) is 1. The monoisotopic (exact) mass is 339 g/mol. The summed E-state index contributed by atoms with van der Waals surface area (Å²) in [6.07, 6.45) is 6.44. The fourth-order valence-electron chi connectivity index (χ4n) is 2.03. The Kier molecular flexibility index (Phi) is 8.74. The summed E-state index contributed by atoms with van der Waals surface area (Å²) < 4.78 is 0. The van der Waals surface area contributed by atoms with Crippen molar-refractivity contribution in [2.45, 2.75) is 32.1 Å². The van der Waals surface area contributed by atoms with Gasteiger partial charge >= 0.3 is 0 Å². The quantitative estimate of drug-likeness (QED) is 0.712. The van der Waals surface area contributed by atoms with Crippen molar-refractivity contribution in [3.63, 3.8) is 0 Å². The van der Waals surface area contributed by atoms with E-state index in [4.69, 9.17) is 5.73 Å². The topological polar surface area (TPSA) is 68.0 Å². The molecule has 0 saturated heterocycles. The Labute approximate surface area is 141 Å². The number of halogens is 1. The molecule has 0 spiro atoms. The number of carbonyl (C=O) groups is 1. The maximum absolute atomic E-state index is 11.8. The molecule has 4 nitrogen and oxygen atoms in total. The zero-order valence-electron chi connectivity index (χ0n) is 12.5. The number of hydrogen-bond donors (Lipinski definition) is 2. The van der Waals surface area contributed by atoms with Crippen LogP contribution in [0.25, 0.3) is 10.4 Å². The first-order valence-corrected chi connectivity index (χ1v) is 8.12. The number of nitrogens with zero attached hydrogens (tertiary/aromatic N) is 1. The van der Waals surface area contributed by atoms with Crippen molar-refractivity contribution in [2.75, 3.05) is 11.9 Å². The van der Waals surface area contributed by atoms with E-state index in [-0.39, 0.29) is 18.3 Å². The van der Waals surface area contributed by atoms with Crippen LogP contribution in [-0.2, 0) is 4.79 Å². The third-order valence-corrected chi connectivity index (χ3v) is 4.13. The van der Waals surface area contributed by atoms with Crippen molar-refractivity contribution in [3.8, 4) is 10.4 Å². The number of hydrogen-bond acceptors (Lipinski definition) is 4. The van der Waals surface area contributed by atoms with E-state index >= 15 is 0 Å². The highest BCUT2D eigenvalue weighted by Crippen LogP contribution is 2.28. The van der Waals surface area contributed by atoms with Crippen molar-refractivity contribution >= 4 is 34.8 Å². The lowest BCUT2D eigenvalue weighted by Crippen LogP contribution is -2.10. The molecule has 0 bridgehead atoms. The van der Waals surface area contributed by atoms with Crippen LogP contribution in [0.3, 0.4) is 0 Å². The molecule has 0 fully saturated rings. The largest absolute Gasteiger partial charge is 0.330 e. The van der Waals surface area contributed by atoms with Gasteiger partial charge in [-0.15, -0.1) is 12.4 Å². The summed E-state index contributed by atoms with van der Waals surface area (Å²) >= 11 is 1.50. The molecule has 0 radical (unpaired) electrons. The lowest BCUT2D eigenvalue weighted by Gasteiger charge is -2.01. The molecule has 1 aromatic carbocycles. The van der Waals surface area contributed by atoms with Gasteiger partial charge in [0, 0.05) is 12.6 Å². The number of aromatic nitrogens is 1. The number of rotatable bonds is 8. The first kappa shape index (κ1) is 18.6. The molecule has 0 aliphatic carbocycles. The Balaban J connectivity index is 0.00000242. The van der Waals surface area contributed by atoms with E-state index in [1.807, 2.05) is 30.3 Å². The minimum Gasteiger partial charge on any atom is -0.330 e. The summed E-state index contributed by atoms with van der Waals surface area (Å²) in [7, 11) is 0. The number of unbranched alkanes of at least 4 members (excludes halogenated alkanes) is 3. The third kappa shape index (κ3) is 6.13. The van der Waals surface area contributed by atoms with E-state index in [1.54, 1.807) is 6.20 Å². The van der Waals surface area contributed by atoms with Gasteiger partial charge in [0.05, 0.1) is 4.88 Å². The van der Waals surface area contributed by atoms with E-state index in [2.05, 4.69) is 10.3 Å². The van der Waals surface area contributed by atoms with Crippen LogP contribution in [0.15, 0.2) is 36.5 Å². The van der Waals surface area contributed by atoms with Gasteiger partial charge in [-0.3, -0.25) is 4.79 Å². The molecule has 1 aromatic heterocycles. The second-order valence-electron chi connectivity index (χ2n) is 4.90. The van der Waals surface area contributed by atoms with Crippen LogP contribution in [0.5, 0.6) is 0 Å². The van der Waals surface area contributed by atoms with E-state index < -0.39 is 0 Å². The molecular formula is C16H22ClN3OS. The van der Waals surface area contributed by atoms with Gasteiger partial charge in [-0.2, -0.15) is 0 Å². The number of anilines is 1. The molecular weight excluding hydrogens is 318 g/mol. The van der Waals surface area contributed by atoms with Crippen LogP contribution in [-0.4, -0.2) is 17.4 Å². The van der Waals surface area contributed by atoms with E-state index in [0.29, 0.717) is 11.6 Å². The lowest BCUT2D eigenvalue weighted by atomic mass is 10.1. The maximum Gasteiger partial charge on any atom is 0.226 e. The molecule has 3 N–H and O–H groups in total. The van der Waals surface area contributed by atoms with Crippen molar-refractivity contribution < 1.29 is 4.79 Å². The Morgan fingerprint density at radius 3 is 2.59 bits per heavy atom. The van der Waals surface area contributed by atoms with Gasteiger partial charge in [0.25, 0.3) is 0 Å². The normalized spacial score (nSPS) is 10.0. The van der Waals surface area contributed by atoms with Crippen LogP contribution in [0.1, 0.15) is 32.1 Å². The molecule has 6 heteroatoms. The Hall–Kier alpha value is -1.43. The highest BCUT2D eigenvalue weighted by Gasteiger charge is 2.07. The van der Waals surface area contributed by atoms with Crippen LogP contribution in [0.4, 0.5) is 5.13 Å². The van der Waals surface area contributed by atoms with Crippen molar-refractivity contribution in [1.29, 1.82) is 0 Å². The minimum absolute atomic E-state index is 0. The van der Waals surface area contributed by atoms with Crippen molar-refractivity contribution in [3.05, 3.63) is 36.5 Å². The van der Waals surface area contributed by atoms with Gasteiger partial charge in [-0.25, -0.2) is 4.98 Å². The molecule has 1 heterocycles. The number of amides is 1. The molecule has 0 aliphatic heterocycles. The molecule has 1 amide bonds. The fourth-order valence-corrected chi connectivity index (χ4v) is 2.87. The first-order valence-electron chi connectivity index (χ1n) is 7.31. The van der Waals surface area contributed by atoms with Gasteiger partial charge in [0.2, 0.25) is 5.91 Å². The van der Waals surface area contributed by atoms with E-state index in [0.717, 1.165) is 42.7 Å². The Morgan fingerprint density at radius 2 is 1.86 bits per heavy atom. The molecule has 0 saturated carbocycles. The molecule has 0 unspecified atom stereocenters. The average molecular weight is 340 g/mol. The second-order valence-corrected chi connectivity index (χ2v) is 5.93. The number of benzene rings is 1. The Bertz CT molecular complexity index is 560. The first-order chi connectivity index (χ1) is 10.3. The van der Waals surface area contributed by atoms with Crippen LogP contribution in [0.2, 0.25) is 0 Å². The molecule has 0 aliphatic rings. The van der Waals surface area contributed by atoms with E-state index in [1.165, 1.54) is 11.3 Å². The summed E-state index contributed by atoms with van der Waals surface area (Å²) in [6.45, 7) is 0.730. The molecule has 22 heavy (non-hydrogen) atoms. The summed E-state index contributed by atoms with van der Waals surface area (Å²) in [5.41, 5.74) is 6.56. The van der Waals surface area contributed by atoms with Gasteiger partial charge in [0.1, 0.15) is 0 Å². The lowest BCUT2D eigenvalue weighted by molar-refractivity contribution is -0.116. The van der Waals surface area contributed by atoms with Crippen LogP contribution < -0.4 is 11.1 Å². The highest BCUT2D eigenvalue weighted by molar-refractivity contribution is 7.19. The Morgan fingerprint density at radius 1 is 1.14 bits per heavy atom. The standard InChI is InChI=1S/C16H21N3OS.ClH/c17-11-7-2-1-6-10-15(20)19-16-18-12-14(21-16)13-8-4-3-5-9-13;/h3-5,8-9,12H,1-2,6-7,10-11,17H2,(H,18,19,20);1H. The second kappa shape index (κ2) is 10.3. The third-order valence-electron chi connectivity index (χ3n) is 3.17. The molecule has 2 rings (SSSR count). The zero-order valence-corrected chi connectivity index (χ0v) is 14.1. The minimum atomic E-state index is 0. The highest BCUT2D eigenvalue weighted by atomic mass is 35.5. The average Bonchev–Trinajstić information content (AvgIpc) is 2.96. The van der Waals surface area contributed by atoms with Gasteiger partial charge in [0.15, 0.2) is 5.13 Å². The fraction of sp³-hybridized carbons (Fsp3) is 0.375. The van der Waals surface area contributed by atoms with Gasteiger partial charge in [-0.1, -0.05) is 54.5 Å².